The first kappa shape index (κ1) is 13.6. The molecule has 0 amide bonds. The fourth-order valence-electron chi connectivity index (χ4n) is 1.24. The number of benzene rings is 1. The van der Waals surface area contributed by atoms with E-state index in [0.717, 1.165) is 11.1 Å². The summed E-state index contributed by atoms with van der Waals surface area (Å²) in [4.78, 5) is 4.08. The van der Waals surface area contributed by atoms with E-state index in [1.54, 1.807) is 18.2 Å². The van der Waals surface area contributed by atoms with Gasteiger partial charge < -0.3 is 5.73 Å². The average molecular weight is 239 g/mol. The number of amidine groups is 2. The molecular formula is C15H17N3. The van der Waals surface area contributed by atoms with Crippen molar-refractivity contribution in [2.45, 2.75) is 6.92 Å². The first-order chi connectivity index (χ1) is 8.65. The minimum absolute atomic E-state index is 0.157. The van der Waals surface area contributed by atoms with Crippen molar-refractivity contribution in [1.29, 1.82) is 5.41 Å². The number of hydrogen-bond donors (Lipinski definition) is 2. The molecule has 0 spiro atoms. The number of nitrogens with one attached hydrogen (secondary N) is 1. The van der Waals surface area contributed by atoms with Gasteiger partial charge in [-0.1, -0.05) is 61.2 Å². The maximum atomic E-state index is 7.81. The summed E-state index contributed by atoms with van der Waals surface area (Å²) < 4.78 is 0. The van der Waals surface area contributed by atoms with E-state index in [-0.39, 0.29) is 5.84 Å². The van der Waals surface area contributed by atoms with Crippen molar-refractivity contribution in [3.8, 4) is 0 Å². The molecule has 0 radical (unpaired) electrons. The van der Waals surface area contributed by atoms with Crippen LogP contribution in [-0.2, 0) is 0 Å². The zero-order valence-electron chi connectivity index (χ0n) is 10.4. The summed E-state index contributed by atoms with van der Waals surface area (Å²) in [5.74, 6) is 0.506. The zero-order valence-corrected chi connectivity index (χ0v) is 10.4. The smallest absolute Gasteiger partial charge is 0.149 e. The monoisotopic (exact) mass is 239 g/mol. The quantitative estimate of drug-likeness (QED) is 0.473. The summed E-state index contributed by atoms with van der Waals surface area (Å²) in [5, 5.41) is 7.81. The van der Waals surface area contributed by atoms with Crippen LogP contribution in [0.1, 0.15) is 12.5 Å². The maximum Gasteiger partial charge on any atom is 0.149 e. The van der Waals surface area contributed by atoms with Crippen LogP contribution in [0, 0.1) is 5.41 Å². The first-order valence-corrected chi connectivity index (χ1v) is 5.59. The number of rotatable bonds is 4. The number of allylic oxidation sites excluding steroid dienone is 4. The van der Waals surface area contributed by atoms with Crippen LogP contribution >= 0.6 is 0 Å². The highest BCUT2D eigenvalue weighted by atomic mass is 14.9. The van der Waals surface area contributed by atoms with Gasteiger partial charge in [-0.3, -0.25) is 5.41 Å². The lowest BCUT2D eigenvalue weighted by atomic mass is 10.2. The summed E-state index contributed by atoms with van der Waals surface area (Å²) in [6.07, 6.45) is 7.08. The molecule has 0 aliphatic heterocycles. The molecule has 3 N–H and O–H groups in total. The van der Waals surface area contributed by atoms with Gasteiger partial charge in [0.2, 0.25) is 0 Å². The Hall–Kier alpha value is -2.42. The van der Waals surface area contributed by atoms with Crippen molar-refractivity contribution in [3.63, 3.8) is 0 Å². The Morgan fingerprint density at radius 3 is 2.56 bits per heavy atom. The lowest BCUT2D eigenvalue weighted by molar-refractivity contribution is 1.37. The van der Waals surface area contributed by atoms with Crippen molar-refractivity contribution in [2.24, 2.45) is 10.7 Å². The minimum atomic E-state index is 0.157. The van der Waals surface area contributed by atoms with Crippen molar-refractivity contribution in [1.82, 2.24) is 0 Å². The highest BCUT2D eigenvalue weighted by Gasteiger charge is 2.00. The maximum absolute atomic E-state index is 7.81. The lowest BCUT2D eigenvalue weighted by Gasteiger charge is -2.01. The second-order valence-electron chi connectivity index (χ2n) is 3.68. The van der Waals surface area contributed by atoms with Crippen LogP contribution in [-0.4, -0.2) is 11.7 Å². The molecule has 0 heterocycles. The van der Waals surface area contributed by atoms with E-state index >= 15 is 0 Å². The molecule has 92 valence electrons. The second kappa shape index (κ2) is 7.01. The molecule has 0 saturated carbocycles. The molecule has 3 heteroatoms. The third kappa shape index (κ3) is 4.22. The fraction of sp³-hybridized carbons (Fsp3) is 0.0667. The molecule has 0 saturated heterocycles. The highest BCUT2D eigenvalue weighted by molar-refractivity contribution is 6.09. The van der Waals surface area contributed by atoms with Gasteiger partial charge in [0.05, 0.1) is 0 Å². The average Bonchev–Trinajstić information content (AvgIpc) is 2.39. The molecule has 0 atom stereocenters. The van der Waals surface area contributed by atoms with Gasteiger partial charge in [0, 0.05) is 5.56 Å². The van der Waals surface area contributed by atoms with Gasteiger partial charge in [0.1, 0.15) is 11.7 Å². The van der Waals surface area contributed by atoms with E-state index in [1.807, 2.05) is 43.3 Å². The van der Waals surface area contributed by atoms with Gasteiger partial charge in [-0.25, -0.2) is 4.99 Å². The van der Waals surface area contributed by atoms with Crippen LogP contribution in [0.25, 0.3) is 0 Å². The second-order valence-corrected chi connectivity index (χ2v) is 3.68. The molecule has 0 bridgehead atoms. The SMILES string of the molecule is C=C/C=C\C=C(/C)C(=N)N=C(N)c1ccccc1. The number of nitrogens with two attached hydrogens (primary N) is 1. The summed E-state index contributed by atoms with van der Waals surface area (Å²) in [6, 6.07) is 9.41. The van der Waals surface area contributed by atoms with Gasteiger partial charge >= 0.3 is 0 Å². The van der Waals surface area contributed by atoms with E-state index in [0.29, 0.717) is 5.84 Å². The van der Waals surface area contributed by atoms with Crippen LogP contribution in [0.4, 0.5) is 0 Å². The van der Waals surface area contributed by atoms with Crippen molar-refractivity contribution in [2.75, 3.05) is 0 Å². The van der Waals surface area contributed by atoms with E-state index in [2.05, 4.69) is 11.6 Å². The number of hydrogen-bond acceptors (Lipinski definition) is 1. The predicted molar refractivity (Wildman–Crippen MR) is 78.0 cm³/mol. The Morgan fingerprint density at radius 2 is 1.94 bits per heavy atom. The van der Waals surface area contributed by atoms with Gasteiger partial charge in [0.25, 0.3) is 0 Å². The van der Waals surface area contributed by atoms with Crippen molar-refractivity contribution in [3.05, 3.63) is 72.4 Å². The van der Waals surface area contributed by atoms with E-state index < -0.39 is 0 Å². The van der Waals surface area contributed by atoms with E-state index in [4.69, 9.17) is 11.1 Å². The molecule has 0 aromatic heterocycles. The third-order valence-electron chi connectivity index (χ3n) is 2.27. The Morgan fingerprint density at radius 1 is 1.28 bits per heavy atom. The summed E-state index contributed by atoms with van der Waals surface area (Å²) >= 11 is 0. The molecule has 0 fully saturated rings. The largest absolute Gasteiger partial charge is 0.383 e. The molecule has 1 aromatic rings. The highest BCUT2D eigenvalue weighted by Crippen LogP contribution is 2.02. The predicted octanol–water partition coefficient (Wildman–Crippen LogP) is 3.06. The van der Waals surface area contributed by atoms with Crippen LogP contribution in [0.15, 0.2) is 71.8 Å². The molecule has 0 unspecified atom stereocenters. The molecule has 3 nitrogen and oxygen atoms in total. The minimum Gasteiger partial charge on any atom is -0.383 e. The topological polar surface area (TPSA) is 62.2 Å². The molecule has 0 aliphatic carbocycles. The van der Waals surface area contributed by atoms with Gasteiger partial charge in [-0.2, -0.15) is 0 Å². The Bertz CT molecular complexity index is 508. The Kier molecular flexibility index (Phi) is 5.32. The summed E-state index contributed by atoms with van der Waals surface area (Å²) in [5.41, 5.74) is 7.40. The fourth-order valence-corrected chi connectivity index (χ4v) is 1.24. The molecule has 0 aliphatic rings. The molecule has 18 heavy (non-hydrogen) atoms. The van der Waals surface area contributed by atoms with Crippen LogP contribution in [0.5, 0.6) is 0 Å². The molecular weight excluding hydrogens is 222 g/mol. The number of aliphatic imine (C=N–C) groups is 1. The van der Waals surface area contributed by atoms with Crippen molar-refractivity contribution >= 4 is 11.7 Å². The normalized spacial score (nSPS) is 12.7. The summed E-state index contributed by atoms with van der Waals surface area (Å²) in [7, 11) is 0. The van der Waals surface area contributed by atoms with Crippen LogP contribution in [0.3, 0.4) is 0 Å². The Labute approximate surface area is 108 Å². The van der Waals surface area contributed by atoms with E-state index in [1.165, 1.54) is 0 Å². The zero-order chi connectivity index (χ0) is 13.4. The first-order valence-electron chi connectivity index (χ1n) is 5.59. The van der Waals surface area contributed by atoms with Gasteiger partial charge in [0.15, 0.2) is 0 Å². The van der Waals surface area contributed by atoms with Crippen LogP contribution in [0.2, 0.25) is 0 Å². The number of nitrogens with zero attached hydrogens (tertiary/aromatic N) is 1. The summed E-state index contributed by atoms with van der Waals surface area (Å²) in [6.45, 7) is 5.39. The third-order valence-corrected chi connectivity index (χ3v) is 2.27. The standard InChI is InChI=1S/C15H17N3/c1-3-4-6-9-12(2)14(16)18-15(17)13-10-7-5-8-11-13/h3-11H,1H2,2H3,(H3,16,17,18)/b6-4-,12-9+. The van der Waals surface area contributed by atoms with Crippen molar-refractivity contribution < 1.29 is 0 Å². The molecule has 1 rings (SSSR count). The van der Waals surface area contributed by atoms with Crippen LogP contribution < -0.4 is 5.73 Å². The lowest BCUT2D eigenvalue weighted by Crippen LogP contribution is -2.15. The Balaban J connectivity index is 2.83. The van der Waals surface area contributed by atoms with E-state index in [9.17, 15) is 0 Å². The molecule has 1 aromatic carbocycles. The van der Waals surface area contributed by atoms with Gasteiger partial charge in [-0.05, 0) is 12.5 Å². The van der Waals surface area contributed by atoms with Gasteiger partial charge in [-0.15, -0.1) is 0 Å².